The smallest absolute Gasteiger partial charge is 0.194 e. The first kappa shape index (κ1) is 10.7. The molecule has 0 atom stereocenters. The fourth-order valence-electron chi connectivity index (χ4n) is 1.88. The van der Waals surface area contributed by atoms with Crippen LogP contribution in [0.4, 0.5) is 0 Å². The molecule has 2 heterocycles. The summed E-state index contributed by atoms with van der Waals surface area (Å²) in [6, 6.07) is 0. The summed E-state index contributed by atoms with van der Waals surface area (Å²) in [6.45, 7) is 8.67. The first-order valence-electron chi connectivity index (χ1n) is 5.81. The van der Waals surface area contributed by atoms with Crippen molar-refractivity contribution in [3.63, 3.8) is 0 Å². The van der Waals surface area contributed by atoms with E-state index in [1.807, 2.05) is 6.92 Å². The third-order valence-corrected chi connectivity index (χ3v) is 2.87. The molecular formula is C12H20N2O. The fourth-order valence-corrected chi connectivity index (χ4v) is 1.88. The Labute approximate surface area is 91.3 Å². The summed E-state index contributed by atoms with van der Waals surface area (Å²) in [5.41, 5.74) is 1.16. The van der Waals surface area contributed by atoms with Gasteiger partial charge in [0.05, 0.1) is 5.69 Å². The molecule has 15 heavy (non-hydrogen) atoms. The summed E-state index contributed by atoms with van der Waals surface area (Å²) in [7, 11) is 0. The number of hydrogen-bond acceptors (Lipinski definition) is 3. The molecule has 0 saturated carbocycles. The fraction of sp³-hybridized carbons (Fsp3) is 0.750. The van der Waals surface area contributed by atoms with Crippen LogP contribution in [0.15, 0.2) is 4.42 Å². The highest BCUT2D eigenvalue weighted by molar-refractivity contribution is 5.10. The lowest BCUT2D eigenvalue weighted by atomic mass is 9.97. The van der Waals surface area contributed by atoms with Gasteiger partial charge in [-0.25, -0.2) is 4.98 Å². The van der Waals surface area contributed by atoms with Crippen LogP contribution in [-0.4, -0.2) is 18.1 Å². The third kappa shape index (κ3) is 2.59. The second-order valence-electron chi connectivity index (χ2n) is 4.94. The van der Waals surface area contributed by atoms with E-state index in [2.05, 4.69) is 24.1 Å². The standard InChI is InChI=1S/C12H20N2O/c1-8(2)4-12-14-11(9(3)15-12)5-10-6-13-7-10/h8,10,13H,4-7H2,1-3H3. The summed E-state index contributed by atoms with van der Waals surface area (Å²) >= 11 is 0. The van der Waals surface area contributed by atoms with E-state index in [0.29, 0.717) is 5.92 Å². The summed E-state index contributed by atoms with van der Waals surface area (Å²) in [5.74, 6) is 3.30. The highest BCUT2D eigenvalue weighted by atomic mass is 16.4. The van der Waals surface area contributed by atoms with Crippen molar-refractivity contribution in [3.05, 3.63) is 17.3 Å². The lowest BCUT2D eigenvalue weighted by Gasteiger charge is -2.26. The summed E-state index contributed by atoms with van der Waals surface area (Å²) in [5, 5.41) is 3.28. The van der Waals surface area contributed by atoms with Gasteiger partial charge in [-0.2, -0.15) is 0 Å². The normalized spacial score (nSPS) is 17.1. The SMILES string of the molecule is Cc1oc(CC(C)C)nc1CC1CNC1. The van der Waals surface area contributed by atoms with E-state index >= 15 is 0 Å². The van der Waals surface area contributed by atoms with Gasteiger partial charge in [-0.15, -0.1) is 0 Å². The van der Waals surface area contributed by atoms with Crippen LogP contribution >= 0.6 is 0 Å². The van der Waals surface area contributed by atoms with Crippen molar-refractivity contribution in [1.82, 2.24) is 10.3 Å². The number of aryl methyl sites for hydroxylation is 1. The lowest BCUT2D eigenvalue weighted by Crippen LogP contribution is -2.43. The maximum absolute atomic E-state index is 5.66. The van der Waals surface area contributed by atoms with Crippen LogP contribution < -0.4 is 5.32 Å². The zero-order chi connectivity index (χ0) is 10.8. The quantitative estimate of drug-likeness (QED) is 0.821. The number of oxazole rings is 1. The largest absolute Gasteiger partial charge is 0.446 e. The van der Waals surface area contributed by atoms with Gasteiger partial charge in [0.1, 0.15) is 5.76 Å². The van der Waals surface area contributed by atoms with E-state index in [1.54, 1.807) is 0 Å². The molecular weight excluding hydrogens is 188 g/mol. The van der Waals surface area contributed by atoms with E-state index in [0.717, 1.165) is 49.2 Å². The van der Waals surface area contributed by atoms with Crippen molar-refractivity contribution in [1.29, 1.82) is 0 Å². The van der Waals surface area contributed by atoms with Crippen LogP contribution in [-0.2, 0) is 12.8 Å². The Morgan fingerprint density at radius 3 is 2.73 bits per heavy atom. The monoisotopic (exact) mass is 208 g/mol. The molecule has 2 rings (SSSR count). The molecule has 0 unspecified atom stereocenters. The van der Waals surface area contributed by atoms with Crippen molar-refractivity contribution in [2.45, 2.75) is 33.6 Å². The van der Waals surface area contributed by atoms with Crippen molar-refractivity contribution in [3.8, 4) is 0 Å². The Bertz CT molecular complexity index is 326. The maximum atomic E-state index is 5.66. The molecule has 1 N–H and O–H groups in total. The molecule has 1 saturated heterocycles. The second-order valence-corrected chi connectivity index (χ2v) is 4.94. The first-order valence-corrected chi connectivity index (χ1v) is 5.81. The molecule has 0 amide bonds. The molecule has 1 aromatic heterocycles. The van der Waals surface area contributed by atoms with Crippen LogP contribution in [0, 0.1) is 18.8 Å². The number of nitrogens with one attached hydrogen (secondary N) is 1. The van der Waals surface area contributed by atoms with Crippen LogP contribution in [0.3, 0.4) is 0 Å². The van der Waals surface area contributed by atoms with Gasteiger partial charge in [0.25, 0.3) is 0 Å². The zero-order valence-electron chi connectivity index (χ0n) is 9.84. The van der Waals surface area contributed by atoms with Gasteiger partial charge < -0.3 is 9.73 Å². The third-order valence-electron chi connectivity index (χ3n) is 2.87. The lowest BCUT2D eigenvalue weighted by molar-refractivity contribution is 0.343. The Kier molecular flexibility index (Phi) is 3.10. The number of hydrogen-bond donors (Lipinski definition) is 1. The van der Waals surface area contributed by atoms with Gasteiger partial charge in [0.15, 0.2) is 5.89 Å². The predicted octanol–water partition coefficient (Wildman–Crippen LogP) is 1.94. The molecule has 0 spiro atoms. The van der Waals surface area contributed by atoms with Crippen LogP contribution in [0.25, 0.3) is 0 Å². The molecule has 1 aliphatic rings. The van der Waals surface area contributed by atoms with E-state index in [-0.39, 0.29) is 0 Å². The number of nitrogens with zero attached hydrogens (tertiary/aromatic N) is 1. The zero-order valence-corrected chi connectivity index (χ0v) is 9.84. The molecule has 0 radical (unpaired) electrons. The molecule has 84 valence electrons. The van der Waals surface area contributed by atoms with E-state index in [4.69, 9.17) is 4.42 Å². The first-order chi connectivity index (χ1) is 7.15. The van der Waals surface area contributed by atoms with Gasteiger partial charge >= 0.3 is 0 Å². The second kappa shape index (κ2) is 4.35. The van der Waals surface area contributed by atoms with Crippen molar-refractivity contribution >= 4 is 0 Å². The summed E-state index contributed by atoms with van der Waals surface area (Å²) in [4.78, 5) is 4.58. The van der Waals surface area contributed by atoms with E-state index < -0.39 is 0 Å². The molecule has 3 nitrogen and oxygen atoms in total. The minimum absolute atomic E-state index is 0.612. The Balaban J connectivity index is 2.00. The maximum Gasteiger partial charge on any atom is 0.194 e. The van der Waals surface area contributed by atoms with Gasteiger partial charge in [-0.3, -0.25) is 0 Å². The number of rotatable bonds is 4. The average molecular weight is 208 g/mol. The minimum atomic E-state index is 0.612. The van der Waals surface area contributed by atoms with Crippen LogP contribution in [0.5, 0.6) is 0 Å². The highest BCUT2D eigenvalue weighted by Gasteiger charge is 2.20. The average Bonchev–Trinajstić information content (AvgIpc) is 2.38. The summed E-state index contributed by atoms with van der Waals surface area (Å²) < 4.78 is 5.66. The van der Waals surface area contributed by atoms with Gasteiger partial charge in [0, 0.05) is 6.42 Å². The van der Waals surface area contributed by atoms with Crippen molar-refractivity contribution in [2.75, 3.05) is 13.1 Å². The Morgan fingerprint density at radius 2 is 2.20 bits per heavy atom. The van der Waals surface area contributed by atoms with E-state index in [9.17, 15) is 0 Å². The van der Waals surface area contributed by atoms with Crippen LogP contribution in [0.2, 0.25) is 0 Å². The van der Waals surface area contributed by atoms with Gasteiger partial charge in [-0.05, 0) is 38.3 Å². The number of aromatic nitrogens is 1. The molecule has 1 fully saturated rings. The molecule has 0 aromatic carbocycles. The van der Waals surface area contributed by atoms with Gasteiger partial charge in [0.2, 0.25) is 0 Å². The predicted molar refractivity (Wildman–Crippen MR) is 59.8 cm³/mol. The Morgan fingerprint density at radius 1 is 1.47 bits per heavy atom. The van der Waals surface area contributed by atoms with Gasteiger partial charge in [-0.1, -0.05) is 13.8 Å². The van der Waals surface area contributed by atoms with E-state index in [1.165, 1.54) is 0 Å². The molecule has 0 bridgehead atoms. The molecule has 1 aromatic rings. The highest BCUT2D eigenvalue weighted by Crippen LogP contribution is 2.18. The topological polar surface area (TPSA) is 38.1 Å². The molecule has 3 heteroatoms. The summed E-state index contributed by atoms with van der Waals surface area (Å²) in [6.07, 6.45) is 2.02. The van der Waals surface area contributed by atoms with Crippen molar-refractivity contribution < 1.29 is 4.42 Å². The van der Waals surface area contributed by atoms with Crippen LogP contribution in [0.1, 0.15) is 31.2 Å². The van der Waals surface area contributed by atoms with Crippen molar-refractivity contribution in [2.24, 2.45) is 11.8 Å². The minimum Gasteiger partial charge on any atom is -0.446 e. The molecule has 0 aliphatic carbocycles. The Hall–Kier alpha value is -0.830. The molecule has 1 aliphatic heterocycles.